The summed E-state index contributed by atoms with van der Waals surface area (Å²) in [6.07, 6.45) is 1.61. The summed E-state index contributed by atoms with van der Waals surface area (Å²) in [4.78, 5) is 26.6. The molecule has 0 spiro atoms. The van der Waals surface area contributed by atoms with Crippen LogP contribution < -0.4 is 9.47 Å². The summed E-state index contributed by atoms with van der Waals surface area (Å²) < 4.78 is 25.6. The number of thioether (sulfide) groups is 1. The van der Waals surface area contributed by atoms with Crippen molar-refractivity contribution in [3.63, 3.8) is 0 Å². The van der Waals surface area contributed by atoms with Gasteiger partial charge in [0, 0.05) is 21.2 Å². The maximum Gasteiger partial charge on any atom is 0.293 e. The van der Waals surface area contributed by atoms with Crippen LogP contribution in [0.1, 0.15) is 23.6 Å². The second-order valence-electron chi connectivity index (χ2n) is 7.52. The molecule has 0 aromatic heterocycles. The second kappa shape index (κ2) is 11.2. The molecule has 0 saturated carbocycles. The number of rotatable bonds is 8. The van der Waals surface area contributed by atoms with Crippen molar-refractivity contribution in [2.45, 2.75) is 20.1 Å². The van der Waals surface area contributed by atoms with Crippen LogP contribution in [0.2, 0.25) is 10.0 Å². The second-order valence-corrected chi connectivity index (χ2v) is 9.36. The van der Waals surface area contributed by atoms with Crippen molar-refractivity contribution in [2.24, 2.45) is 0 Å². The van der Waals surface area contributed by atoms with E-state index in [4.69, 9.17) is 32.7 Å². The average molecular weight is 532 g/mol. The molecule has 180 valence electrons. The zero-order valence-electron chi connectivity index (χ0n) is 18.6. The van der Waals surface area contributed by atoms with Crippen molar-refractivity contribution in [3.05, 3.63) is 98.1 Å². The van der Waals surface area contributed by atoms with Gasteiger partial charge in [-0.2, -0.15) is 0 Å². The molecular weight excluding hydrogens is 512 g/mol. The molecule has 35 heavy (non-hydrogen) atoms. The topological polar surface area (TPSA) is 55.8 Å². The molecule has 0 unspecified atom stereocenters. The van der Waals surface area contributed by atoms with E-state index in [-0.39, 0.29) is 23.6 Å². The molecule has 4 rings (SSSR count). The van der Waals surface area contributed by atoms with Gasteiger partial charge in [-0.3, -0.25) is 14.5 Å². The van der Waals surface area contributed by atoms with E-state index in [1.54, 1.807) is 60.7 Å². The number of halogens is 3. The van der Waals surface area contributed by atoms with E-state index in [1.807, 2.05) is 6.92 Å². The number of carbonyl (C=O) groups is 2. The number of carbonyl (C=O) groups excluding carboxylic acids is 2. The Bertz CT molecular complexity index is 1310. The first-order valence-corrected chi connectivity index (χ1v) is 12.2. The maximum atomic E-state index is 14.0. The van der Waals surface area contributed by atoms with Gasteiger partial charge in [0.2, 0.25) is 0 Å². The highest BCUT2D eigenvalue weighted by Crippen LogP contribution is 2.36. The summed E-state index contributed by atoms with van der Waals surface area (Å²) in [5, 5.41) is 0.587. The first kappa shape index (κ1) is 25.1. The Kier molecular flexibility index (Phi) is 8.00. The van der Waals surface area contributed by atoms with Crippen molar-refractivity contribution >= 4 is 52.2 Å². The summed E-state index contributed by atoms with van der Waals surface area (Å²) in [5.41, 5.74) is 1.70. The van der Waals surface area contributed by atoms with Crippen LogP contribution in [0.4, 0.5) is 9.18 Å². The molecule has 1 aliphatic heterocycles. The zero-order valence-corrected chi connectivity index (χ0v) is 20.9. The van der Waals surface area contributed by atoms with E-state index < -0.39 is 17.0 Å². The number of hydrogen-bond acceptors (Lipinski definition) is 5. The van der Waals surface area contributed by atoms with Crippen LogP contribution in [-0.4, -0.2) is 22.7 Å². The van der Waals surface area contributed by atoms with Gasteiger partial charge in [-0.25, -0.2) is 4.39 Å². The van der Waals surface area contributed by atoms with Crippen molar-refractivity contribution < 1.29 is 23.5 Å². The molecule has 0 N–H and O–H groups in total. The van der Waals surface area contributed by atoms with Gasteiger partial charge in [0.25, 0.3) is 11.1 Å². The minimum absolute atomic E-state index is 0.126. The van der Waals surface area contributed by atoms with Crippen molar-refractivity contribution in [2.75, 3.05) is 6.61 Å². The first-order chi connectivity index (χ1) is 16.9. The number of imide groups is 1. The molecule has 9 heteroatoms. The van der Waals surface area contributed by atoms with Crippen LogP contribution in [0, 0.1) is 5.82 Å². The number of benzene rings is 3. The van der Waals surface area contributed by atoms with Gasteiger partial charge in [0.1, 0.15) is 12.4 Å². The maximum absolute atomic E-state index is 14.0. The van der Waals surface area contributed by atoms with Gasteiger partial charge in [0.15, 0.2) is 11.5 Å². The molecule has 0 radical (unpaired) electrons. The first-order valence-electron chi connectivity index (χ1n) is 10.7. The van der Waals surface area contributed by atoms with Gasteiger partial charge < -0.3 is 9.47 Å². The molecule has 2 amide bonds. The molecule has 0 atom stereocenters. The summed E-state index contributed by atoms with van der Waals surface area (Å²) in [6, 6.07) is 16.4. The lowest BCUT2D eigenvalue weighted by Gasteiger charge is -2.14. The summed E-state index contributed by atoms with van der Waals surface area (Å²) in [6.45, 7) is 2.34. The SMILES string of the molecule is CCOc1cc(/C=C2/SC(=O)N(Cc3ccccc3F)C2=O)ccc1OCc1ccc(Cl)cc1Cl. The Morgan fingerprint density at radius 3 is 2.51 bits per heavy atom. The largest absolute Gasteiger partial charge is 0.490 e. The van der Waals surface area contributed by atoms with E-state index in [1.165, 1.54) is 6.07 Å². The van der Waals surface area contributed by atoms with Crippen LogP contribution in [0.25, 0.3) is 6.08 Å². The Balaban J connectivity index is 1.52. The fourth-order valence-electron chi connectivity index (χ4n) is 3.38. The van der Waals surface area contributed by atoms with Crippen LogP contribution >= 0.6 is 35.0 Å². The van der Waals surface area contributed by atoms with Crippen molar-refractivity contribution in [3.8, 4) is 11.5 Å². The third kappa shape index (κ3) is 5.99. The number of hydrogen-bond donors (Lipinski definition) is 0. The van der Waals surface area contributed by atoms with E-state index in [0.29, 0.717) is 33.7 Å². The molecule has 3 aromatic rings. The molecule has 1 aliphatic rings. The molecule has 3 aromatic carbocycles. The number of ether oxygens (including phenoxy) is 2. The Hall–Kier alpha value is -3.00. The van der Waals surface area contributed by atoms with Crippen molar-refractivity contribution in [1.82, 2.24) is 4.90 Å². The molecule has 1 heterocycles. The standard InChI is InChI=1S/C26H20Cl2FNO4S/c1-2-33-23-11-16(7-10-22(23)34-15-18-8-9-19(27)13-20(18)28)12-24-25(31)30(26(32)35-24)14-17-5-3-4-6-21(17)29/h3-13H,2,14-15H2,1H3/b24-12+. The van der Waals surface area contributed by atoms with Crippen LogP contribution in [-0.2, 0) is 17.9 Å². The Morgan fingerprint density at radius 2 is 1.77 bits per heavy atom. The highest BCUT2D eigenvalue weighted by atomic mass is 35.5. The Morgan fingerprint density at radius 1 is 0.971 bits per heavy atom. The van der Waals surface area contributed by atoms with Gasteiger partial charge >= 0.3 is 0 Å². The summed E-state index contributed by atoms with van der Waals surface area (Å²) >= 11 is 13.0. The highest BCUT2D eigenvalue weighted by Gasteiger charge is 2.35. The molecule has 1 fully saturated rings. The Labute approximate surface area is 216 Å². The lowest BCUT2D eigenvalue weighted by molar-refractivity contribution is -0.123. The van der Waals surface area contributed by atoms with Gasteiger partial charge in [-0.05, 0) is 60.7 Å². The van der Waals surface area contributed by atoms with E-state index in [2.05, 4.69) is 0 Å². The number of nitrogens with zero attached hydrogens (tertiary/aromatic N) is 1. The number of amides is 2. The van der Waals surface area contributed by atoms with Gasteiger partial charge in [-0.15, -0.1) is 0 Å². The van der Waals surface area contributed by atoms with Crippen LogP contribution in [0.15, 0.2) is 65.6 Å². The normalized spacial score (nSPS) is 14.6. The fraction of sp³-hybridized carbons (Fsp3) is 0.154. The summed E-state index contributed by atoms with van der Waals surface area (Å²) in [5.74, 6) is 0.0471. The third-order valence-electron chi connectivity index (χ3n) is 5.12. The minimum Gasteiger partial charge on any atom is -0.490 e. The third-order valence-corrected chi connectivity index (χ3v) is 6.62. The van der Waals surface area contributed by atoms with Gasteiger partial charge in [0.05, 0.1) is 18.1 Å². The predicted molar refractivity (Wildman–Crippen MR) is 136 cm³/mol. The zero-order chi connectivity index (χ0) is 24.9. The van der Waals surface area contributed by atoms with E-state index in [9.17, 15) is 14.0 Å². The van der Waals surface area contributed by atoms with Crippen molar-refractivity contribution in [1.29, 1.82) is 0 Å². The fourth-order valence-corrected chi connectivity index (χ4v) is 4.68. The van der Waals surface area contributed by atoms with E-state index >= 15 is 0 Å². The molecule has 0 bridgehead atoms. The lowest BCUT2D eigenvalue weighted by Crippen LogP contribution is -2.27. The molecule has 1 saturated heterocycles. The van der Waals surface area contributed by atoms with Gasteiger partial charge in [-0.1, -0.05) is 53.5 Å². The summed E-state index contributed by atoms with van der Waals surface area (Å²) in [7, 11) is 0. The average Bonchev–Trinajstić information content (AvgIpc) is 3.08. The van der Waals surface area contributed by atoms with E-state index in [0.717, 1.165) is 22.2 Å². The predicted octanol–water partition coefficient (Wildman–Crippen LogP) is 7.35. The molecular formula is C26H20Cl2FNO4S. The smallest absolute Gasteiger partial charge is 0.293 e. The monoisotopic (exact) mass is 531 g/mol. The highest BCUT2D eigenvalue weighted by molar-refractivity contribution is 8.18. The quantitative estimate of drug-likeness (QED) is 0.284. The van der Waals surface area contributed by atoms with Crippen LogP contribution in [0.5, 0.6) is 11.5 Å². The molecule has 5 nitrogen and oxygen atoms in total. The molecule has 0 aliphatic carbocycles. The van der Waals surface area contributed by atoms with Crippen LogP contribution in [0.3, 0.4) is 0 Å². The minimum atomic E-state index is -0.473. The lowest BCUT2D eigenvalue weighted by atomic mass is 10.1.